The summed E-state index contributed by atoms with van der Waals surface area (Å²) < 4.78 is 23.6. The SMILES string of the molecule is Cc1cc(C(=O)NCC(F)F)nc(Cl)n1. The molecule has 1 rings (SSSR count). The molecule has 0 atom stereocenters. The Morgan fingerprint density at radius 3 is 2.80 bits per heavy atom. The summed E-state index contributed by atoms with van der Waals surface area (Å²) in [7, 11) is 0. The maximum absolute atomic E-state index is 11.8. The third-order valence-corrected chi connectivity index (χ3v) is 1.65. The van der Waals surface area contributed by atoms with Crippen LogP contribution in [0.1, 0.15) is 16.2 Å². The molecule has 1 N–H and O–H groups in total. The van der Waals surface area contributed by atoms with Gasteiger partial charge in [0.25, 0.3) is 12.3 Å². The van der Waals surface area contributed by atoms with Crippen LogP contribution in [0.15, 0.2) is 6.07 Å². The first kappa shape index (κ1) is 11.8. The van der Waals surface area contributed by atoms with Crippen molar-refractivity contribution in [3.8, 4) is 0 Å². The number of carbonyl (C=O) groups is 1. The quantitative estimate of drug-likeness (QED) is 0.807. The average molecular weight is 236 g/mol. The third kappa shape index (κ3) is 3.75. The lowest BCUT2D eigenvalue weighted by molar-refractivity contribution is 0.0886. The fraction of sp³-hybridized carbons (Fsp3) is 0.375. The summed E-state index contributed by atoms with van der Waals surface area (Å²) in [6, 6.07) is 1.37. The molecule has 0 aromatic carbocycles. The molecular formula is C8H8ClF2N3O. The Labute approximate surface area is 89.7 Å². The van der Waals surface area contributed by atoms with Gasteiger partial charge in [0, 0.05) is 5.69 Å². The monoisotopic (exact) mass is 235 g/mol. The van der Waals surface area contributed by atoms with Crippen molar-refractivity contribution in [1.82, 2.24) is 15.3 Å². The molecular weight excluding hydrogens is 228 g/mol. The van der Waals surface area contributed by atoms with Crippen molar-refractivity contribution < 1.29 is 13.6 Å². The predicted molar refractivity (Wildman–Crippen MR) is 50.1 cm³/mol. The largest absolute Gasteiger partial charge is 0.345 e. The van der Waals surface area contributed by atoms with Gasteiger partial charge in [0.2, 0.25) is 5.28 Å². The van der Waals surface area contributed by atoms with Crippen LogP contribution in [0.2, 0.25) is 5.28 Å². The topological polar surface area (TPSA) is 54.9 Å². The Balaban J connectivity index is 2.73. The molecule has 15 heavy (non-hydrogen) atoms. The average Bonchev–Trinajstić information content (AvgIpc) is 2.12. The zero-order chi connectivity index (χ0) is 11.4. The molecule has 0 aliphatic rings. The zero-order valence-corrected chi connectivity index (χ0v) is 8.55. The Morgan fingerprint density at radius 1 is 1.60 bits per heavy atom. The number of rotatable bonds is 3. The van der Waals surface area contributed by atoms with E-state index >= 15 is 0 Å². The van der Waals surface area contributed by atoms with Gasteiger partial charge in [-0.15, -0.1) is 0 Å². The molecule has 0 aliphatic heterocycles. The molecule has 0 unspecified atom stereocenters. The van der Waals surface area contributed by atoms with Crippen LogP contribution in [-0.2, 0) is 0 Å². The fourth-order valence-electron chi connectivity index (χ4n) is 0.909. The van der Waals surface area contributed by atoms with Gasteiger partial charge < -0.3 is 5.32 Å². The minimum Gasteiger partial charge on any atom is -0.345 e. The van der Waals surface area contributed by atoms with Crippen molar-refractivity contribution in [2.75, 3.05) is 6.54 Å². The standard InChI is InChI=1S/C8H8ClF2N3O/c1-4-2-5(14-8(9)13-4)7(15)12-3-6(10)11/h2,6H,3H2,1H3,(H,12,15). The fourth-order valence-corrected chi connectivity index (χ4v) is 1.13. The third-order valence-electron chi connectivity index (χ3n) is 1.48. The van der Waals surface area contributed by atoms with E-state index in [1.807, 2.05) is 5.32 Å². The van der Waals surface area contributed by atoms with Crippen molar-refractivity contribution >= 4 is 17.5 Å². The first-order valence-corrected chi connectivity index (χ1v) is 4.44. The molecule has 0 fully saturated rings. The van der Waals surface area contributed by atoms with Crippen LogP contribution >= 0.6 is 11.6 Å². The maximum atomic E-state index is 11.8. The first-order valence-electron chi connectivity index (χ1n) is 4.06. The van der Waals surface area contributed by atoms with E-state index in [1.54, 1.807) is 6.92 Å². The van der Waals surface area contributed by atoms with Crippen LogP contribution in [0.4, 0.5) is 8.78 Å². The lowest BCUT2D eigenvalue weighted by Gasteiger charge is -2.04. The molecule has 0 saturated carbocycles. The highest BCUT2D eigenvalue weighted by Gasteiger charge is 2.11. The van der Waals surface area contributed by atoms with Gasteiger partial charge >= 0.3 is 0 Å². The highest BCUT2D eigenvalue weighted by Crippen LogP contribution is 2.05. The van der Waals surface area contributed by atoms with Crippen LogP contribution in [0.25, 0.3) is 0 Å². The van der Waals surface area contributed by atoms with E-state index < -0.39 is 18.9 Å². The lowest BCUT2D eigenvalue weighted by atomic mass is 10.3. The van der Waals surface area contributed by atoms with Gasteiger partial charge in [-0.25, -0.2) is 18.7 Å². The summed E-state index contributed by atoms with van der Waals surface area (Å²) in [5.74, 6) is -0.692. The molecule has 1 heterocycles. The van der Waals surface area contributed by atoms with Gasteiger partial charge in [-0.3, -0.25) is 4.79 Å². The van der Waals surface area contributed by atoms with Crippen molar-refractivity contribution in [3.05, 3.63) is 22.7 Å². The molecule has 1 amide bonds. The van der Waals surface area contributed by atoms with E-state index in [-0.39, 0.29) is 11.0 Å². The second-order valence-corrected chi connectivity index (χ2v) is 3.10. The summed E-state index contributed by atoms with van der Waals surface area (Å²) in [5.41, 5.74) is 0.477. The number of aromatic nitrogens is 2. The minimum absolute atomic E-state index is 0.0202. The molecule has 82 valence electrons. The molecule has 0 aliphatic carbocycles. The van der Waals surface area contributed by atoms with Crippen LogP contribution in [0.5, 0.6) is 0 Å². The normalized spacial score (nSPS) is 10.5. The Kier molecular flexibility index (Phi) is 3.90. The second-order valence-electron chi connectivity index (χ2n) is 2.76. The van der Waals surface area contributed by atoms with Crippen molar-refractivity contribution in [3.63, 3.8) is 0 Å². The molecule has 4 nitrogen and oxygen atoms in total. The predicted octanol–water partition coefficient (Wildman–Crippen LogP) is 1.43. The highest BCUT2D eigenvalue weighted by atomic mass is 35.5. The Hall–Kier alpha value is -1.30. The Morgan fingerprint density at radius 2 is 2.27 bits per heavy atom. The van der Waals surface area contributed by atoms with E-state index in [0.29, 0.717) is 5.69 Å². The number of nitrogens with zero attached hydrogens (tertiary/aromatic N) is 2. The van der Waals surface area contributed by atoms with Crippen LogP contribution in [0, 0.1) is 6.92 Å². The van der Waals surface area contributed by atoms with Gasteiger partial charge in [0.1, 0.15) is 5.69 Å². The highest BCUT2D eigenvalue weighted by molar-refractivity contribution is 6.28. The number of aryl methyl sites for hydroxylation is 1. The van der Waals surface area contributed by atoms with E-state index in [2.05, 4.69) is 9.97 Å². The van der Waals surface area contributed by atoms with Gasteiger partial charge in [-0.2, -0.15) is 0 Å². The molecule has 0 saturated heterocycles. The number of hydrogen-bond donors (Lipinski definition) is 1. The zero-order valence-electron chi connectivity index (χ0n) is 7.80. The van der Waals surface area contributed by atoms with E-state index in [0.717, 1.165) is 0 Å². The number of alkyl halides is 2. The lowest BCUT2D eigenvalue weighted by Crippen LogP contribution is -2.29. The Bertz CT molecular complexity index is 353. The van der Waals surface area contributed by atoms with Gasteiger partial charge in [-0.1, -0.05) is 0 Å². The summed E-state index contributed by atoms with van der Waals surface area (Å²) in [5, 5.41) is 1.93. The number of carbonyl (C=O) groups excluding carboxylic acids is 1. The van der Waals surface area contributed by atoms with E-state index in [9.17, 15) is 13.6 Å². The van der Waals surface area contributed by atoms with E-state index in [4.69, 9.17) is 11.6 Å². The van der Waals surface area contributed by atoms with Crippen molar-refractivity contribution in [1.29, 1.82) is 0 Å². The first-order chi connectivity index (χ1) is 6.99. The van der Waals surface area contributed by atoms with Gasteiger partial charge in [-0.05, 0) is 24.6 Å². The van der Waals surface area contributed by atoms with Crippen LogP contribution < -0.4 is 5.32 Å². The van der Waals surface area contributed by atoms with Crippen molar-refractivity contribution in [2.24, 2.45) is 0 Å². The van der Waals surface area contributed by atoms with Crippen molar-refractivity contribution in [2.45, 2.75) is 13.3 Å². The number of halogens is 3. The number of amides is 1. The maximum Gasteiger partial charge on any atom is 0.270 e. The minimum atomic E-state index is -2.59. The summed E-state index contributed by atoms with van der Waals surface area (Å²) in [6.45, 7) is 0.914. The summed E-state index contributed by atoms with van der Waals surface area (Å²) >= 11 is 5.51. The summed E-state index contributed by atoms with van der Waals surface area (Å²) in [4.78, 5) is 18.6. The summed E-state index contributed by atoms with van der Waals surface area (Å²) in [6.07, 6.45) is -2.59. The molecule has 0 bridgehead atoms. The number of hydrogen-bond acceptors (Lipinski definition) is 3. The van der Waals surface area contributed by atoms with Crippen LogP contribution in [-0.4, -0.2) is 28.8 Å². The molecule has 0 radical (unpaired) electrons. The van der Waals surface area contributed by atoms with Gasteiger partial charge in [0.05, 0.1) is 6.54 Å². The molecule has 1 aromatic heterocycles. The van der Waals surface area contributed by atoms with E-state index in [1.165, 1.54) is 6.07 Å². The molecule has 1 aromatic rings. The van der Waals surface area contributed by atoms with Crippen LogP contribution in [0.3, 0.4) is 0 Å². The smallest absolute Gasteiger partial charge is 0.270 e. The molecule has 0 spiro atoms. The second kappa shape index (κ2) is 4.97. The van der Waals surface area contributed by atoms with Gasteiger partial charge in [0.15, 0.2) is 0 Å². The molecule has 7 heteroatoms. The number of nitrogens with one attached hydrogen (secondary N) is 1.